The number of nitrogens with zero attached hydrogens (tertiary/aromatic N) is 2. The third kappa shape index (κ3) is 4.30. The summed E-state index contributed by atoms with van der Waals surface area (Å²) >= 11 is 0. The zero-order chi connectivity index (χ0) is 13.7. The van der Waals surface area contributed by atoms with Gasteiger partial charge in [-0.3, -0.25) is 9.80 Å². The Bertz CT molecular complexity index is 280. The second-order valence-electron chi connectivity index (χ2n) is 6.30. The smallest absolute Gasteiger partial charge is 0.0589 e. The first-order valence-electron chi connectivity index (χ1n) is 7.82. The molecule has 0 saturated carbocycles. The van der Waals surface area contributed by atoms with Crippen molar-refractivity contribution < 1.29 is 4.74 Å². The van der Waals surface area contributed by atoms with Gasteiger partial charge < -0.3 is 4.74 Å². The van der Waals surface area contributed by atoms with E-state index in [0.29, 0.717) is 12.1 Å². The Kier molecular flexibility index (Phi) is 5.86. The summed E-state index contributed by atoms with van der Waals surface area (Å²) in [6.07, 6.45) is 8.65. The minimum Gasteiger partial charge on any atom is -0.383 e. The van der Waals surface area contributed by atoms with Gasteiger partial charge in [-0.15, -0.1) is 0 Å². The Hall–Kier alpha value is -0.380. The minimum absolute atomic E-state index is 0.651. The number of piperazine rings is 1. The second-order valence-corrected chi connectivity index (χ2v) is 6.30. The Morgan fingerprint density at radius 1 is 1.16 bits per heavy atom. The predicted octanol–water partition coefficient (Wildman–Crippen LogP) is 2.38. The van der Waals surface area contributed by atoms with Crippen LogP contribution in [0.3, 0.4) is 0 Å². The summed E-state index contributed by atoms with van der Waals surface area (Å²) in [5.74, 6) is 0.884. The predicted molar refractivity (Wildman–Crippen MR) is 80.4 cm³/mol. The van der Waals surface area contributed by atoms with E-state index in [1.807, 2.05) is 0 Å². The monoisotopic (exact) mass is 266 g/mol. The molecule has 110 valence electrons. The number of hydrogen-bond donors (Lipinski definition) is 0. The van der Waals surface area contributed by atoms with E-state index in [9.17, 15) is 0 Å². The van der Waals surface area contributed by atoms with Crippen molar-refractivity contribution in [1.82, 2.24) is 9.80 Å². The van der Waals surface area contributed by atoms with Crippen LogP contribution in [0.25, 0.3) is 0 Å². The van der Waals surface area contributed by atoms with Crippen molar-refractivity contribution in [3.63, 3.8) is 0 Å². The van der Waals surface area contributed by atoms with E-state index in [1.54, 1.807) is 7.11 Å². The van der Waals surface area contributed by atoms with Crippen LogP contribution in [-0.2, 0) is 4.74 Å². The van der Waals surface area contributed by atoms with Gasteiger partial charge in [0.1, 0.15) is 0 Å². The normalized spacial score (nSPS) is 33.7. The second kappa shape index (κ2) is 7.41. The van der Waals surface area contributed by atoms with Crippen LogP contribution in [0.4, 0.5) is 0 Å². The number of methoxy groups -OCH3 is 1. The fraction of sp³-hybridized carbons (Fsp3) is 0.875. The van der Waals surface area contributed by atoms with Gasteiger partial charge in [0.05, 0.1) is 6.61 Å². The molecule has 1 aliphatic carbocycles. The van der Waals surface area contributed by atoms with Gasteiger partial charge in [-0.25, -0.2) is 0 Å². The fourth-order valence-corrected chi connectivity index (χ4v) is 3.64. The van der Waals surface area contributed by atoms with E-state index < -0.39 is 0 Å². The summed E-state index contributed by atoms with van der Waals surface area (Å²) in [6, 6.07) is 1.30. The van der Waals surface area contributed by atoms with Crippen molar-refractivity contribution in [3.05, 3.63) is 12.2 Å². The van der Waals surface area contributed by atoms with Gasteiger partial charge >= 0.3 is 0 Å². The number of ether oxygens (including phenoxy) is 1. The van der Waals surface area contributed by atoms with Crippen LogP contribution in [0.1, 0.15) is 33.1 Å². The van der Waals surface area contributed by atoms with Crippen LogP contribution in [0.2, 0.25) is 0 Å². The molecular formula is C16H30N2O. The number of rotatable bonds is 5. The van der Waals surface area contributed by atoms with E-state index in [-0.39, 0.29) is 0 Å². The van der Waals surface area contributed by atoms with Gasteiger partial charge in [-0.2, -0.15) is 0 Å². The van der Waals surface area contributed by atoms with Crippen LogP contribution in [0.15, 0.2) is 12.2 Å². The molecule has 0 radical (unpaired) electrons. The molecule has 19 heavy (non-hydrogen) atoms. The zero-order valence-corrected chi connectivity index (χ0v) is 12.8. The quantitative estimate of drug-likeness (QED) is 0.711. The largest absolute Gasteiger partial charge is 0.383 e. The van der Waals surface area contributed by atoms with Crippen molar-refractivity contribution in [2.45, 2.75) is 45.2 Å². The maximum Gasteiger partial charge on any atom is 0.0589 e. The fourth-order valence-electron chi connectivity index (χ4n) is 3.64. The molecule has 1 fully saturated rings. The molecule has 0 aromatic carbocycles. The Morgan fingerprint density at radius 2 is 1.89 bits per heavy atom. The molecule has 0 aromatic heterocycles. The van der Waals surface area contributed by atoms with Crippen molar-refractivity contribution in [2.75, 3.05) is 39.9 Å². The highest BCUT2D eigenvalue weighted by Gasteiger charge is 2.29. The Balaban J connectivity index is 1.81. The molecule has 1 saturated heterocycles. The van der Waals surface area contributed by atoms with Gasteiger partial charge in [-0.1, -0.05) is 12.2 Å². The summed E-state index contributed by atoms with van der Waals surface area (Å²) in [7, 11) is 1.79. The first-order chi connectivity index (χ1) is 9.20. The molecule has 0 spiro atoms. The van der Waals surface area contributed by atoms with E-state index in [1.165, 1.54) is 38.9 Å². The summed E-state index contributed by atoms with van der Waals surface area (Å²) in [4.78, 5) is 5.28. The van der Waals surface area contributed by atoms with Crippen LogP contribution < -0.4 is 0 Å². The zero-order valence-electron chi connectivity index (χ0n) is 12.8. The molecule has 0 N–H and O–H groups in total. The molecule has 0 amide bonds. The SMILES string of the molecule is COCCN1[C@H](C)CN(C[C@H]2CC=CCC2)C[C@H]1C. The summed E-state index contributed by atoms with van der Waals surface area (Å²) in [6.45, 7) is 10.4. The molecular weight excluding hydrogens is 236 g/mol. The van der Waals surface area contributed by atoms with E-state index in [4.69, 9.17) is 4.74 Å². The lowest BCUT2D eigenvalue weighted by atomic mass is 9.93. The van der Waals surface area contributed by atoms with Crippen LogP contribution in [0, 0.1) is 5.92 Å². The molecule has 0 aromatic rings. The van der Waals surface area contributed by atoms with Crippen molar-refractivity contribution in [3.8, 4) is 0 Å². The molecule has 3 atom stereocenters. The molecule has 3 nitrogen and oxygen atoms in total. The minimum atomic E-state index is 0.651. The Labute approximate surface area is 118 Å². The molecule has 0 unspecified atom stereocenters. The first kappa shape index (κ1) is 15.0. The van der Waals surface area contributed by atoms with Crippen LogP contribution in [-0.4, -0.2) is 61.8 Å². The topological polar surface area (TPSA) is 15.7 Å². The van der Waals surface area contributed by atoms with E-state index in [0.717, 1.165) is 19.1 Å². The maximum atomic E-state index is 5.23. The average molecular weight is 266 g/mol. The highest BCUT2D eigenvalue weighted by molar-refractivity contribution is 4.92. The lowest BCUT2D eigenvalue weighted by Crippen LogP contribution is -2.57. The van der Waals surface area contributed by atoms with Gasteiger partial charge in [-0.05, 0) is 39.0 Å². The molecule has 0 bridgehead atoms. The Morgan fingerprint density at radius 3 is 2.47 bits per heavy atom. The first-order valence-corrected chi connectivity index (χ1v) is 7.82. The van der Waals surface area contributed by atoms with Gasteiger partial charge in [0.15, 0.2) is 0 Å². The molecule has 1 aliphatic heterocycles. The molecule has 2 aliphatic rings. The highest BCUT2D eigenvalue weighted by Crippen LogP contribution is 2.22. The van der Waals surface area contributed by atoms with E-state index in [2.05, 4.69) is 35.8 Å². The lowest BCUT2D eigenvalue weighted by Gasteiger charge is -2.45. The van der Waals surface area contributed by atoms with Gasteiger partial charge in [0, 0.05) is 45.4 Å². The van der Waals surface area contributed by atoms with Crippen LogP contribution in [0.5, 0.6) is 0 Å². The van der Waals surface area contributed by atoms with Crippen LogP contribution >= 0.6 is 0 Å². The standard InChI is InChI=1S/C16H30N2O/c1-14-11-17(13-16-7-5-4-6-8-16)12-15(2)18(14)9-10-19-3/h4-5,14-16H,6-13H2,1-3H3/t14-,15-,16+/m1/s1. The molecule has 3 heteroatoms. The third-order valence-corrected chi connectivity index (χ3v) is 4.62. The lowest BCUT2D eigenvalue weighted by molar-refractivity contribution is 0.0147. The van der Waals surface area contributed by atoms with Gasteiger partial charge in [0.25, 0.3) is 0 Å². The highest BCUT2D eigenvalue weighted by atomic mass is 16.5. The number of allylic oxidation sites excluding steroid dienone is 2. The van der Waals surface area contributed by atoms with Crippen molar-refractivity contribution in [1.29, 1.82) is 0 Å². The van der Waals surface area contributed by atoms with Crippen molar-refractivity contribution in [2.24, 2.45) is 5.92 Å². The average Bonchev–Trinajstić information content (AvgIpc) is 2.39. The summed E-state index contributed by atoms with van der Waals surface area (Å²) in [5.41, 5.74) is 0. The summed E-state index contributed by atoms with van der Waals surface area (Å²) in [5, 5.41) is 0. The maximum absolute atomic E-state index is 5.23. The summed E-state index contributed by atoms with van der Waals surface area (Å²) < 4.78 is 5.23. The molecule has 1 heterocycles. The third-order valence-electron chi connectivity index (χ3n) is 4.62. The van der Waals surface area contributed by atoms with E-state index >= 15 is 0 Å². The van der Waals surface area contributed by atoms with Crippen molar-refractivity contribution >= 4 is 0 Å². The van der Waals surface area contributed by atoms with Gasteiger partial charge in [0.2, 0.25) is 0 Å². The molecule has 2 rings (SSSR count). The number of hydrogen-bond acceptors (Lipinski definition) is 3.